The molecule has 1 N–H and O–H groups in total. The van der Waals surface area contributed by atoms with Gasteiger partial charge in [-0.3, -0.25) is 25.7 Å². The van der Waals surface area contributed by atoms with Gasteiger partial charge in [0.05, 0.1) is 15.9 Å². The van der Waals surface area contributed by atoms with Crippen molar-refractivity contribution in [2.75, 3.05) is 5.43 Å². The Morgan fingerprint density at radius 3 is 2.46 bits per heavy atom. The number of hydrogen-bond acceptors (Lipinski definition) is 6. The van der Waals surface area contributed by atoms with E-state index < -0.39 is 15.5 Å². The molecule has 0 amide bonds. The minimum Gasteiger partial charge on any atom is -0.272 e. The van der Waals surface area contributed by atoms with Crippen LogP contribution in [0, 0.1) is 20.2 Å². The number of hydrogen-bond donors (Lipinski definition) is 1. The molecular weight excluding hydrogens is 314 g/mol. The number of nitrogens with one attached hydrogen (secondary N) is 1. The molecule has 1 aromatic carbocycles. The molecular formula is C15H16N5O4+. The molecule has 1 aromatic heterocycles. The summed E-state index contributed by atoms with van der Waals surface area (Å²) in [6, 6.07) is 9.07. The summed E-state index contributed by atoms with van der Waals surface area (Å²) in [5.41, 5.74) is 2.79. The fourth-order valence-electron chi connectivity index (χ4n) is 2.00. The van der Waals surface area contributed by atoms with Gasteiger partial charge >= 0.3 is 5.69 Å². The highest BCUT2D eigenvalue weighted by Gasteiger charge is 2.19. The summed E-state index contributed by atoms with van der Waals surface area (Å²) >= 11 is 0. The molecule has 0 atom stereocenters. The maximum absolute atomic E-state index is 11.1. The second kappa shape index (κ2) is 7.77. The number of nitro benzene ring substituents is 2. The van der Waals surface area contributed by atoms with Gasteiger partial charge in [-0.2, -0.15) is 9.67 Å². The minimum absolute atomic E-state index is 0.106. The molecule has 0 aliphatic carbocycles. The standard InChI is InChI=1S/C15H16N5O4/c1-2-12(11-18-8-4-3-5-9-18)16-17-14-7-6-13(19(21)22)10-15(14)20(23)24/h3-10,17H,2,11H2,1H3/q+1/b16-12+. The molecule has 0 unspecified atom stereocenters. The van der Waals surface area contributed by atoms with Crippen LogP contribution in [0.1, 0.15) is 13.3 Å². The van der Waals surface area contributed by atoms with E-state index in [1.807, 2.05) is 42.1 Å². The van der Waals surface area contributed by atoms with Crippen LogP contribution in [-0.2, 0) is 6.54 Å². The number of rotatable bonds is 7. The summed E-state index contributed by atoms with van der Waals surface area (Å²) < 4.78 is 1.92. The van der Waals surface area contributed by atoms with Crippen LogP contribution in [0.15, 0.2) is 53.9 Å². The number of pyridine rings is 1. The van der Waals surface area contributed by atoms with Crippen LogP contribution >= 0.6 is 0 Å². The van der Waals surface area contributed by atoms with Crippen molar-refractivity contribution < 1.29 is 14.4 Å². The molecule has 1 heterocycles. The molecule has 0 saturated carbocycles. The van der Waals surface area contributed by atoms with Crippen LogP contribution in [0.3, 0.4) is 0 Å². The molecule has 0 saturated heterocycles. The quantitative estimate of drug-likeness (QED) is 0.363. The van der Waals surface area contributed by atoms with Gasteiger partial charge in [0.1, 0.15) is 11.4 Å². The average Bonchev–Trinajstić information content (AvgIpc) is 2.59. The van der Waals surface area contributed by atoms with Gasteiger partial charge in [-0.25, -0.2) is 0 Å². The first kappa shape index (κ1) is 17.0. The molecule has 0 spiro atoms. The summed E-state index contributed by atoms with van der Waals surface area (Å²) in [7, 11) is 0. The maximum Gasteiger partial charge on any atom is 0.301 e. The Balaban J connectivity index is 2.22. The highest BCUT2D eigenvalue weighted by atomic mass is 16.6. The Morgan fingerprint density at radius 2 is 1.88 bits per heavy atom. The Bertz CT molecular complexity index is 777. The van der Waals surface area contributed by atoms with Crippen molar-refractivity contribution in [3.63, 3.8) is 0 Å². The van der Waals surface area contributed by atoms with Crippen LogP contribution in [0.5, 0.6) is 0 Å². The van der Waals surface area contributed by atoms with Crippen molar-refractivity contribution >= 4 is 22.8 Å². The molecule has 0 aliphatic heterocycles. The zero-order valence-corrected chi connectivity index (χ0v) is 13.0. The van der Waals surface area contributed by atoms with E-state index in [1.165, 1.54) is 12.1 Å². The smallest absolute Gasteiger partial charge is 0.272 e. The van der Waals surface area contributed by atoms with Crippen molar-refractivity contribution in [1.82, 2.24) is 0 Å². The van der Waals surface area contributed by atoms with Gasteiger partial charge in [0, 0.05) is 18.2 Å². The predicted molar refractivity (Wildman–Crippen MR) is 87.7 cm³/mol. The van der Waals surface area contributed by atoms with E-state index in [9.17, 15) is 20.2 Å². The SMILES string of the molecule is CC/C(C[n+]1ccccc1)=N\Nc1ccc([N+](=O)[O-])cc1[N+](=O)[O-]. The number of benzene rings is 1. The van der Waals surface area contributed by atoms with Crippen molar-refractivity contribution in [3.05, 3.63) is 69.0 Å². The summed E-state index contributed by atoms with van der Waals surface area (Å²) in [6.07, 6.45) is 4.43. The third-order valence-corrected chi connectivity index (χ3v) is 3.27. The summed E-state index contributed by atoms with van der Waals surface area (Å²) in [5.74, 6) is 0. The molecule has 9 heteroatoms. The second-order valence-electron chi connectivity index (χ2n) is 4.91. The number of nitro groups is 2. The van der Waals surface area contributed by atoms with Crippen molar-refractivity contribution in [2.24, 2.45) is 5.10 Å². The summed E-state index contributed by atoms with van der Waals surface area (Å²) in [4.78, 5) is 20.5. The summed E-state index contributed by atoms with van der Waals surface area (Å²) in [6.45, 7) is 2.46. The molecule has 2 rings (SSSR count). The second-order valence-corrected chi connectivity index (χ2v) is 4.91. The van der Waals surface area contributed by atoms with Crippen molar-refractivity contribution in [2.45, 2.75) is 19.9 Å². The van der Waals surface area contributed by atoms with Crippen molar-refractivity contribution in [1.29, 1.82) is 0 Å². The predicted octanol–water partition coefficient (Wildman–Crippen LogP) is 2.67. The Kier molecular flexibility index (Phi) is 5.50. The van der Waals surface area contributed by atoms with Crippen molar-refractivity contribution in [3.8, 4) is 0 Å². The van der Waals surface area contributed by atoms with Gasteiger partial charge in [0.25, 0.3) is 5.69 Å². The van der Waals surface area contributed by atoms with E-state index in [0.717, 1.165) is 11.8 Å². The Morgan fingerprint density at radius 1 is 1.17 bits per heavy atom. The first-order chi connectivity index (χ1) is 11.5. The third kappa shape index (κ3) is 4.32. The Hall–Kier alpha value is -3.36. The summed E-state index contributed by atoms with van der Waals surface area (Å²) in [5, 5.41) is 26.0. The zero-order valence-electron chi connectivity index (χ0n) is 13.0. The highest BCUT2D eigenvalue weighted by molar-refractivity contribution is 5.84. The monoisotopic (exact) mass is 330 g/mol. The molecule has 2 aromatic rings. The van der Waals surface area contributed by atoms with Gasteiger partial charge in [0.2, 0.25) is 0 Å². The number of nitrogens with zero attached hydrogens (tertiary/aromatic N) is 4. The van der Waals surface area contributed by atoms with E-state index in [4.69, 9.17) is 0 Å². The lowest BCUT2D eigenvalue weighted by Crippen LogP contribution is -2.36. The molecule has 24 heavy (non-hydrogen) atoms. The largest absolute Gasteiger partial charge is 0.301 e. The van der Waals surface area contributed by atoms with E-state index in [2.05, 4.69) is 10.5 Å². The lowest BCUT2D eigenvalue weighted by atomic mass is 10.2. The lowest BCUT2D eigenvalue weighted by molar-refractivity contribution is -0.682. The maximum atomic E-state index is 11.1. The first-order valence-corrected chi connectivity index (χ1v) is 7.19. The average molecular weight is 330 g/mol. The van der Waals surface area contributed by atoms with E-state index >= 15 is 0 Å². The van der Waals surface area contributed by atoms with Crippen LogP contribution in [-0.4, -0.2) is 15.6 Å². The van der Waals surface area contributed by atoms with Crippen LogP contribution in [0.2, 0.25) is 0 Å². The van der Waals surface area contributed by atoms with Gasteiger partial charge < -0.3 is 0 Å². The van der Waals surface area contributed by atoms with Crippen LogP contribution in [0.4, 0.5) is 17.1 Å². The third-order valence-electron chi connectivity index (χ3n) is 3.27. The van der Waals surface area contributed by atoms with Gasteiger partial charge in [-0.05, 0) is 12.5 Å². The van der Waals surface area contributed by atoms with Gasteiger partial charge in [0.15, 0.2) is 18.9 Å². The first-order valence-electron chi connectivity index (χ1n) is 7.19. The number of hydrazone groups is 1. The van der Waals surface area contributed by atoms with Gasteiger partial charge in [-0.15, -0.1) is 0 Å². The molecule has 124 valence electrons. The minimum atomic E-state index is -0.678. The highest BCUT2D eigenvalue weighted by Crippen LogP contribution is 2.28. The van der Waals surface area contributed by atoms with Gasteiger partial charge in [-0.1, -0.05) is 13.0 Å². The number of non-ortho nitro benzene ring substituents is 1. The molecule has 0 radical (unpaired) electrons. The molecule has 0 aliphatic rings. The van der Waals surface area contributed by atoms with Crippen LogP contribution < -0.4 is 9.99 Å². The lowest BCUT2D eigenvalue weighted by Gasteiger charge is -2.04. The van der Waals surface area contributed by atoms with Crippen LogP contribution in [0.25, 0.3) is 0 Å². The normalized spacial score (nSPS) is 11.1. The van der Waals surface area contributed by atoms with E-state index in [1.54, 1.807) is 0 Å². The molecule has 0 bridgehead atoms. The number of anilines is 1. The van der Waals surface area contributed by atoms with E-state index in [-0.39, 0.29) is 11.4 Å². The zero-order chi connectivity index (χ0) is 17.5. The Labute approximate surface area is 137 Å². The molecule has 9 nitrogen and oxygen atoms in total. The fourth-order valence-corrected chi connectivity index (χ4v) is 2.00. The van der Waals surface area contributed by atoms with E-state index in [0.29, 0.717) is 13.0 Å². The number of aromatic nitrogens is 1. The topological polar surface area (TPSA) is 115 Å². The molecule has 0 fully saturated rings. The fraction of sp³-hybridized carbons (Fsp3) is 0.200.